The van der Waals surface area contributed by atoms with E-state index >= 15 is 0 Å². The average Bonchev–Trinajstić information content (AvgIpc) is 2.77. The first-order valence-electron chi connectivity index (χ1n) is 10.5. The lowest BCUT2D eigenvalue weighted by Gasteiger charge is -2.19. The smallest absolute Gasteiger partial charge is 0.265 e. The van der Waals surface area contributed by atoms with Crippen LogP contribution >= 0.6 is 0 Å². The molecular formula is C25H28N2O3. The molecule has 0 spiro atoms. The van der Waals surface area contributed by atoms with E-state index in [1.54, 1.807) is 24.3 Å². The summed E-state index contributed by atoms with van der Waals surface area (Å²) in [4.78, 5) is 25.4. The summed E-state index contributed by atoms with van der Waals surface area (Å²) in [7, 11) is 0. The van der Waals surface area contributed by atoms with Crippen LogP contribution in [0.15, 0.2) is 66.7 Å². The van der Waals surface area contributed by atoms with Crippen molar-refractivity contribution in [2.75, 3.05) is 11.9 Å². The largest absolute Gasteiger partial charge is 0.481 e. The van der Waals surface area contributed by atoms with Crippen LogP contribution < -0.4 is 15.4 Å². The van der Waals surface area contributed by atoms with Gasteiger partial charge in [0.2, 0.25) is 0 Å². The maximum Gasteiger partial charge on any atom is 0.265 e. The van der Waals surface area contributed by atoms with Gasteiger partial charge in [0.15, 0.2) is 6.10 Å². The van der Waals surface area contributed by atoms with Crippen LogP contribution in [-0.4, -0.2) is 24.5 Å². The van der Waals surface area contributed by atoms with Gasteiger partial charge in [-0.1, -0.05) is 62.7 Å². The monoisotopic (exact) mass is 404 g/mol. The molecule has 0 aliphatic heterocycles. The van der Waals surface area contributed by atoms with E-state index in [2.05, 4.69) is 17.6 Å². The topological polar surface area (TPSA) is 67.4 Å². The third kappa shape index (κ3) is 5.38. The lowest BCUT2D eigenvalue weighted by atomic mass is 10.1. The van der Waals surface area contributed by atoms with Crippen molar-refractivity contribution >= 4 is 28.3 Å². The summed E-state index contributed by atoms with van der Waals surface area (Å²) in [6.45, 7) is 4.58. The van der Waals surface area contributed by atoms with Gasteiger partial charge in [-0.3, -0.25) is 9.59 Å². The molecule has 3 aromatic carbocycles. The number of hydrogen-bond donors (Lipinski definition) is 2. The van der Waals surface area contributed by atoms with Gasteiger partial charge in [0.1, 0.15) is 5.75 Å². The number of carbonyl (C=O) groups is 2. The molecule has 0 aliphatic carbocycles. The Kier molecular flexibility index (Phi) is 7.44. The summed E-state index contributed by atoms with van der Waals surface area (Å²) in [5, 5.41) is 7.93. The zero-order valence-electron chi connectivity index (χ0n) is 17.5. The zero-order valence-corrected chi connectivity index (χ0v) is 17.5. The van der Waals surface area contributed by atoms with Crippen molar-refractivity contribution in [3.63, 3.8) is 0 Å². The molecule has 0 bridgehead atoms. The van der Waals surface area contributed by atoms with E-state index in [0.29, 0.717) is 30.0 Å². The summed E-state index contributed by atoms with van der Waals surface area (Å²) in [6.07, 6.45) is 1.76. The van der Waals surface area contributed by atoms with Gasteiger partial charge >= 0.3 is 0 Å². The van der Waals surface area contributed by atoms with Crippen LogP contribution in [0, 0.1) is 0 Å². The number of anilines is 1. The molecule has 30 heavy (non-hydrogen) atoms. The Bertz CT molecular complexity index is 1020. The fraction of sp³-hybridized carbons (Fsp3) is 0.280. The molecule has 0 saturated heterocycles. The number of amides is 2. The first kappa shape index (κ1) is 21.4. The van der Waals surface area contributed by atoms with Gasteiger partial charge in [0, 0.05) is 6.54 Å². The predicted octanol–water partition coefficient (Wildman–Crippen LogP) is 5.17. The molecule has 156 valence electrons. The Hall–Kier alpha value is -3.34. The molecule has 3 rings (SSSR count). The van der Waals surface area contributed by atoms with Crippen molar-refractivity contribution in [2.45, 2.75) is 39.2 Å². The van der Waals surface area contributed by atoms with Gasteiger partial charge in [-0.25, -0.2) is 0 Å². The van der Waals surface area contributed by atoms with E-state index < -0.39 is 6.10 Å². The average molecular weight is 405 g/mol. The number of nitrogens with one attached hydrogen (secondary N) is 2. The van der Waals surface area contributed by atoms with Gasteiger partial charge < -0.3 is 15.4 Å². The van der Waals surface area contributed by atoms with Crippen LogP contribution in [0.25, 0.3) is 10.8 Å². The summed E-state index contributed by atoms with van der Waals surface area (Å²) in [5.41, 5.74) is 0.930. The Balaban J connectivity index is 1.71. The van der Waals surface area contributed by atoms with E-state index in [1.165, 1.54) is 0 Å². The van der Waals surface area contributed by atoms with Crippen LogP contribution in [0.4, 0.5) is 5.69 Å². The van der Waals surface area contributed by atoms with Gasteiger partial charge in [-0.05, 0) is 47.9 Å². The van der Waals surface area contributed by atoms with Crippen molar-refractivity contribution in [2.24, 2.45) is 0 Å². The van der Waals surface area contributed by atoms with Gasteiger partial charge in [-0.2, -0.15) is 0 Å². The highest BCUT2D eigenvalue weighted by atomic mass is 16.5. The molecule has 0 fully saturated rings. The molecule has 0 heterocycles. The predicted molar refractivity (Wildman–Crippen MR) is 121 cm³/mol. The number of rotatable bonds is 9. The van der Waals surface area contributed by atoms with E-state index in [-0.39, 0.29) is 11.8 Å². The number of para-hydroxylation sites is 1. The molecule has 0 aromatic heterocycles. The highest BCUT2D eigenvalue weighted by Gasteiger charge is 2.21. The third-order valence-electron chi connectivity index (χ3n) is 4.91. The first-order chi connectivity index (χ1) is 14.6. The van der Waals surface area contributed by atoms with Crippen LogP contribution in [-0.2, 0) is 4.79 Å². The first-order valence-corrected chi connectivity index (χ1v) is 10.5. The van der Waals surface area contributed by atoms with Crippen molar-refractivity contribution in [3.8, 4) is 5.75 Å². The molecule has 2 amide bonds. The second-order valence-corrected chi connectivity index (χ2v) is 7.17. The maximum atomic E-state index is 12.9. The molecule has 0 unspecified atom stereocenters. The van der Waals surface area contributed by atoms with E-state index in [4.69, 9.17) is 4.74 Å². The summed E-state index contributed by atoms with van der Waals surface area (Å²) < 4.78 is 5.97. The fourth-order valence-electron chi connectivity index (χ4n) is 3.20. The number of ether oxygens (including phenoxy) is 1. The normalized spacial score (nSPS) is 11.7. The number of hydrogen-bond acceptors (Lipinski definition) is 3. The van der Waals surface area contributed by atoms with Crippen molar-refractivity contribution in [1.29, 1.82) is 0 Å². The molecule has 1 atom stereocenters. The molecular weight excluding hydrogens is 376 g/mol. The van der Waals surface area contributed by atoms with Crippen molar-refractivity contribution in [3.05, 3.63) is 72.3 Å². The number of fused-ring (bicyclic) bond motifs is 1. The SMILES string of the molecule is CCCCNC(=O)c1ccccc1NC(=O)[C@@H](CC)Oc1ccc2ccccc2c1. The third-order valence-corrected chi connectivity index (χ3v) is 4.91. The summed E-state index contributed by atoms with van der Waals surface area (Å²) in [6, 6.07) is 20.8. The maximum absolute atomic E-state index is 12.9. The van der Waals surface area contributed by atoms with Crippen LogP contribution in [0.3, 0.4) is 0 Å². The summed E-state index contributed by atoms with van der Waals surface area (Å²) >= 11 is 0. The molecule has 0 saturated carbocycles. The van der Waals surface area contributed by atoms with Crippen LogP contribution in [0.1, 0.15) is 43.5 Å². The lowest BCUT2D eigenvalue weighted by molar-refractivity contribution is -0.122. The second kappa shape index (κ2) is 10.4. The second-order valence-electron chi connectivity index (χ2n) is 7.17. The van der Waals surface area contributed by atoms with Gasteiger partial charge in [0.25, 0.3) is 11.8 Å². The van der Waals surface area contributed by atoms with E-state index in [1.807, 2.05) is 49.4 Å². The number of benzene rings is 3. The minimum atomic E-state index is -0.664. The molecule has 5 heteroatoms. The zero-order chi connectivity index (χ0) is 21.3. The Labute approximate surface area is 177 Å². The van der Waals surface area contributed by atoms with Gasteiger partial charge in [-0.15, -0.1) is 0 Å². The fourth-order valence-corrected chi connectivity index (χ4v) is 3.20. The Morgan fingerprint density at radius 3 is 2.43 bits per heavy atom. The summed E-state index contributed by atoms with van der Waals surface area (Å²) in [5.74, 6) is 0.170. The minimum Gasteiger partial charge on any atom is -0.481 e. The van der Waals surface area contributed by atoms with Crippen LogP contribution in [0.5, 0.6) is 5.75 Å². The molecule has 0 aliphatic rings. The Morgan fingerprint density at radius 1 is 0.933 bits per heavy atom. The number of carbonyl (C=O) groups excluding carboxylic acids is 2. The lowest BCUT2D eigenvalue weighted by Crippen LogP contribution is -2.33. The van der Waals surface area contributed by atoms with E-state index in [0.717, 1.165) is 23.6 Å². The minimum absolute atomic E-state index is 0.192. The van der Waals surface area contributed by atoms with Gasteiger partial charge in [0.05, 0.1) is 11.3 Å². The van der Waals surface area contributed by atoms with Crippen LogP contribution in [0.2, 0.25) is 0 Å². The highest BCUT2D eigenvalue weighted by molar-refractivity contribution is 6.04. The molecule has 2 N–H and O–H groups in total. The van der Waals surface area contributed by atoms with E-state index in [9.17, 15) is 9.59 Å². The molecule has 0 radical (unpaired) electrons. The quantitative estimate of drug-likeness (QED) is 0.484. The molecule has 5 nitrogen and oxygen atoms in total. The highest BCUT2D eigenvalue weighted by Crippen LogP contribution is 2.23. The standard InChI is InChI=1S/C25H28N2O3/c1-3-5-16-26-24(28)21-12-8-9-13-22(21)27-25(29)23(4-2)30-20-15-14-18-10-6-7-11-19(18)17-20/h6-15,17,23H,3-5,16H2,1-2H3,(H,26,28)(H,27,29)/t23-/m1/s1. The Morgan fingerprint density at radius 2 is 1.67 bits per heavy atom. The number of unbranched alkanes of at least 4 members (excludes halogenated alkanes) is 1. The van der Waals surface area contributed by atoms with Crippen molar-refractivity contribution in [1.82, 2.24) is 5.32 Å². The molecule has 3 aromatic rings. The van der Waals surface area contributed by atoms with Crippen molar-refractivity contribution < 1.29 is 14.3 Å².